The van der Waals surface area contributed by atoms with Gasteiger partial charge in [-0.2, -0.15) is 0 Å². The van der Waals surface area contributed by atoms with Crippen LogP contribution >= 0.6 is 11.6 Å². The monoisotopic (exact) mass is 170 g/mol. The van der Waals surface area contributed by atoms with Crippen LogP contribution < -0.4 is 4.90 Å². The topological polar surface area (TPSA) is 16.1 Å². The third-order valence-electron chi connectivity index (χ3n) is 1.42. The number of hydrogen-bond acceptors (Lipinski definition) is 2. The molecule has 1 aromatic rings. The third kappa shape index (κ3) is 2.09. The maximum absolute atomic E-state index is 5.76. The number of hydrogen-bond donors (Lipinski definition) is 0. The number of halogens is 1. The highest BCUT2D eigenvalue weighted by Crippen LogP contribution is 2.16. The Morgan fingerprint density at radius 1 is 1.36 bits per heavy atom. The maximum Gasteiger partial charge on any atom is 0.131 e. The van der Waals surface area contributed by atoms with Crippen molar-refractivity contribution < 1.29 is 0 Å². The molecular formula is C8H11ClN2. The van der Waals surface area contributed by atoms with E-state index in [9.17, 15) is 0 Å². The maximum atomic E-state index is 5.76. The van der Waals surface area contributed by atoms with Crippen molar-refractivity contribution in [1.82, 2.24) is 4.98 Å². The highest BCUT2D eigenvalue weighted by molar-refractivity contribution is 6.29. The van der Waals surface area contributed by atoms with Gasteiger partial charge in [0.2, 0.25) is 0 Å². The molecule has 0 aliphatic carbocycles. The minimum atomic E-state index is 0.550. The largest absolute Gasteiger partial charge is 0.378 e. The normalized spacial score (nSPS) is 9.82. The molecule has 2 nitrogen and oxygen atoms in total. The lowest BCUT2D eigenvalue weighted by Gasteiger charge is -2.12. The Morgan fingerprint density at radius 3 is 2.45 bits per heavy atom. The van der Waals surface area contributed by atoms with E-state index >= 15 is 0 Å². The van der Waals surface area contributed by atoms with E-state index < -0.39 is 0 Å². The highest BCUT2D eigenvalue weighted by Gasteiger charge is 1.98. The van der Waals surface area contributed by atoms with Crippen LogP contribution in [0.3, 0.4) is 0 Å². The van der Waals surface area contributed by atoms with Crippen LogP contribution in [-0.2, 0) is 0 Å². The van der Waals surface area contributed by atoms with Gasteiger partial charge < -0.3 is 4.90 Å². The summed E-state index contributed by atoms with van der Waals surface area (Å²) >= 11 is 5.76. The molecule has 0 aliphatic rings. The second-order valence-corrected chi connectivity index (χ2v) is 3.07. The van der Waals surface area contributed by atoms with Crippen LogP contribution in [0.2, 0.25) is 5.15 Å². The number of nitrogens with zero attached hydrogens (tertiary/aromatic N) is 2. The van der Waals surface area contributed by atoms with Crippen molar-refractivity contribution in [3.63, 3.8) is 0 Å². The Bertz CT molecular complexity index is 238. The van der Waals surface area contributed by atoms with Crippen LogP contribution in [-0.4, -0.2) is 19.1 Å². The van der Waals surface area contributed by atoms with Gasteiger partial charge in [-0.3, -0.25) is 0 Å². The molecule has 0 unspecified atom stereocenters. The first-order valence-corrected chi connectivity index (χ1v) is 3.79. The molecule has 1 heterocycles. The van der Waals surface area contributed by atoms with Crippen molar-refractivity contribution in [2.45, 2.75) is 6.92 Å². The summed E-state index contributed by atoms with van der Waals surface area (Å²) in [6.07, 6.45) is 0. The molecule has 0 saturated heterocycles. The van der Waals surface area contributed by atoms with E-state index in [0.29, 0.717) is 5.15 Å². The van der Waals surface area contributed by atoms with Crippen LogP contribution in [0.25, 0.3) is 0 Å². The van der Waals surface area contributed by atoms with Crippen molar-refractivity contribution in [2.75, 3.05) is 19.0 Å². The zero-order chi connectivity index (χ0) is 8.43. The van der Waals surface area contributed by atoms with Gasteiger partial charge in [0.1, 0.15) is 5.15 Å². The van der Waals surface area contributed by atoms with Gasteiger partial charge in [0, 0.05) is 25.5 Å². The average Bonchev–Trinajstić information content (AvgIpc) is 1.85. The molecule has 0 N–H and O–H groups in total. The van der Waals surface area contributed by atoms with Gasteiger partial charge in [0.05, 0.1) is 0 Å². The molecule has 0 aromatic carbocycles. The molecule has 1 rings (SSSR count). The lowest BCUT2D eigenvalue weighted by atomic mass is 10.3. The number of pyridine rings is 1. The summed E-state index contributed by atoms with van der Waals surface area (Å²) in [6.45, 7) is 1.93. The summed E-state index contributed by atoms with van der Waals surface area (Å²) in [5.41, 5.74) is 2.03. The van der Waals surface area contributed by atoms with Gasteiger partial charge in [-0.25, -0.2) is 4.98 Å². The van der Waals surface area contributed by atoms with Crippen LogP contribution in [0.15, 0.2) is 12.1 Å². The SMILES string of the molecule is Cc1cc(N(C)C)cc(Cl)n1. The number of anilines is 1. The summed E-state index contributed by atoms with van der Waals surface area (Å²) in [7, 11) is 3.95. The van der Waals surface area contributed by atoms with Gasteiger partial charge in [-0.05, 0) is 19.1 Å². The highest BCUT2D eigenvalue weighted by atomic mass is 35.5. The fourth-order valence-corrected chi connectivity index (χ4v) is 1.11. The summed E-state index contributed by atoms with van der Waals surface area (Å²) in [6, 6.07) is 3.83. The zero-order valence-corrected chi connectivity index (χ0v) is 7.68. The first-order chi connectivity index (χ1) is 5.09. The predicted molar refractivity (Wildman–Crippen MR) is 48.3 cm³/mol. The van der Waals surface area contributed by atoms with Crippen molar-refractivity contribution in [1.29, 1.82) is 0 Å². The van der Waals surface area contributed by atoms with Gasteiger partial charge in [0.25, 0.3) is 0 Å². The Labute approximate surface area is 71.8 Å². The molecule has 0 amide bonds. The number of aryl methyl sites for hydroxylation is 1. The van der Waals surface area contributed by atoms with E-state index in [2.05, 4.69) is 4.98 Å². The quantitative estimate of drug-likeness (QED) is 0.601. The smallest absolute Gasteiger partial charge is 0.131 e. The molecule has 3 heteroatoms. The van der Waals surface area contributed by atoms with Crippen LogP contribution in [0.4, 0.5) is 5.69 Å². The minimum absolute atomic E-state index is 0.550. The average molecular weight is 171 g/mol. The standard InChI is InChI=1S/C8H11ClN2/c1-6-4-7(11(2)3)5-8(9)10-6/h4-5H,1-3H3. The van der Waals surface area contributed by atoms with Crippen molar-refractivity contribution in [2.24, 2.45) is 0 Å². The van der Waals surface area contributed by atoms with E-state index in [-0.39, 0.29) is 0 Å². The fraction of sp³-hybridized carbons (Fsp3) is 0.375. The van der Waals surface area contributed by atoms with E-state index in [1.165, 1.54) is 0 Å². The molecule has 0 spiro atoms. The molecule has 0 bridgehead atoms. The summed E-state index contributed by atoms with van der Waals surface area (Å²) in [5, 5.41) is 0.550. The van der Waals surface area contributed by atoms with Gasteiger partial charge in [-0.15, -0.1) is 0 Å². The molecule has 0 radical (unpaired) electrons. The molecule has 0 aliphatic heterocycles. The summed E-state index contributed by atoms with van der Waals surface area (Å²) in [4.78, 5) is 6.06. The molecule has 0 fully saturated rings. The zero-order valence-electron chi connectivity index (χ0n) is 6.93. The molecule has 0 saturated carbocycles. The lowest BCUT2D eigenvalue weighted by molar-refractivity contribution is 1.10. The van der Waals surface area contributed by atoms with Gasteiger partial charge in [-0.1, -0.05) is 11.6 Å². The Hall–Kier alpha value is -0.760. The van der Waals surface area contributed by atoms with E-state index in [1.807, 2.05) is 38.1 Å². The van der Waals surface area contributed by atoms with E-state index in [1.54, 1.807) is 0 Å². The molecule has 0 atom stereocenters. The van der Waals surface area contributed by atoms with E-state index in [4.69, 9.17) is 11.6 Å². The number of aromatic nitrogens is 1. The third-order valence-corrected chi connectivity index (χ3v) is 1.62. The second kappa shape index (κ2) is 3.09. The van der Waals surface area contributed by atoms with Gasteiger partial charge >= 0.3 is 0 Å². The van der Waals surface area contributed by atoms with E-state index in [0.717, 1.165) is 11.4 Å². The lowest BCUT2D eigenvalue weighted by Crippen LogP contribution is -2.08. The van der Waals surface area contributed by atoms with Crippen LogP contribution in [0.5, 0.6) is 0 Å². The first-order valence-electron chi connectivity index (χ1n) is 3.41. The molecule has 60 valence electrons. The summed E-state index contributed by atoms with van der Waals surface area (Å²) < 4.78 is 0. The fourth-order valence-electron chi connectivity index (χ4n) is 0.869. The second-order valence-electron chi connectivity index (χ2n) is 2.68. The number of rotatable bonds is 1. The van der Waals surface area contributed by atoms with Crippen molar-refractivity contribution in [3.05, 3.63) is 23.0 Å². The minimum Gasteiger partial charge on any atom is -0.378 e. The Morgan fingerprint density at radius 2 is 2.00 bits per heavy atom. The molecule has 11 heavy (non-hydrogen) atoms. The Kier molecular flexibility index (Phi) is 2.35. The summed E-state index contributed by atoms with van der Waals surface area (Å²) in [5.74, 6) is 0. The Balaban J connectivity index is 3.08. The van der Waals surface area contributed by atoms with Crippen molar-refractivity contribution >= 4 is 17.3 Å². The molecular weight excluding hydrogens is 160 g/mol. The van der Waals surface area contributed by atoms with Gasteiger partial charge in [0.15, 0.2) is 0 Å². The van der Waals surface area contributed by atoms with Crippen LogP contribution in [0, 0.1) is 6.92 Å². The van der Waals surface area contributed by atoms with Crippen molar-refractivity contribution in [3.8, 4) is 0 Å². The molecule has 1 aromatic heterocycles. The van der Waals surface area contributed by atoms with Crippen LogP contribution in [0.1, 0.15) is 5.69 Å². The predicted octanol–water partition coefficient (Wildman–Crippen LogP) is 2.11. The first kappa shape index (κ1) is 8.34.